The molecule has 10 heteroatoms. The summed E-state index contributed by atoms with van der Waals surface area (Å²) in [7, 11) is -3.16. The van der Waals surface area contributed by atoms with Gasteiger partial charge in [-0.1, -0.05) is 11.8 Å². The molecule has 1 heterocycles. The molecular weight excluding hydrogens is 410 g/mol. The predicted octanol–water partition coefficient (Wildman–Crippen LogP) is -0.692. The number of sulfonamides is 1. The van der Waals surface area contributed by atoms with Crippen LogP contribution in [0.2, 0.25) is 0 Å². The lowest BCUT2D eigenvalue weighted by Gasteiger charge is -2.33. The number of amides is 2. The average molecular weight is 433 g/mol. The molecule has 1 aromatic rings. The Bertz CT molecular complexity index is 1030. The first-order valence-electron chi connectivity index (χ1n) is 8.95. The maximum atomic E-state index is 12.3. The predicted molar refractivity (Wildman–Crippen MR) is 108 cm³/mol. The Morgan fingerprint density at radius 3 is 2.30 bits per heavy atom. The van der Waals surface area contributed by atoms with Crippen molar-refractivity contribution in [3.8, 4) is 23.7 Å². The maximum Gasteiger partial charge on any atom is 0.268 e. The van der Waals surface area contributed by atoms with Crippen molar-refractivity contribution in [3.05, 3.63) is 35.4 Å². The van der Waals surface area contributed by atoms with Gasteiger partial charge in [0.05, 0.1) is 11.9 Å². The Hall–Kier alpha value is -2.89. The molecule has 30 heavy (non-hydrogen) atoms. The Kier molecular flexibility index (Phi) is 7.24. The molecule has 1 saturated heterocycles. The highest BCUT2D eigenvalue weighted by molar-refractivity contribution is 7.88. The number of hydroxylamine groups is 1. The molecule has 4 N–H and O–H groups in total. The summed E-state index contributed by atoms with van der Waals surface area (Å²) in [5.41, 5.74) is 0.671. The van der Waals surface area contributed by atoms with E-state index in [2.05, 4.69) is 29.0 Å². The lowest BCUT2D eigenvalue weighted by atomic mass is 9.97. The molecule has 0 bridgehead atoms. The summed E-state index contributed by atoms with van der Waals surface area (Å²) < 4.78 is 23.9. The van der Waals surface area contributed by atoms with Gasteiger partial charge in [-0.3, -0.25) is 14.8 Å². The molecule has 0 saturated carbocycles. The molecular formula is C20H23N3O6S. The van der Waals surface area contributed by atoms with E-state index >= 15 is 0 Å². The number of benzene rings is 1. The second kappa shape index (κ2) is 9.28. The molecule has 0 aromatic heterocycles. The van der Waals surface area contributed by atoms with Gasteiger partial charge in [0.1, 0.15) is 6.04 Å². The van der Waals surface area contributed by atoms with Crippen LogP contribution in [0.5, 0.6) is 0 Å². The smallest absolute Gasteiger partial charge is 0.268 e. The van der Waals surface area contributed by atoms with Gasteiger partial charge in [-0.15, -0.1) is 0 Å². The van der Waals surface area contributed by atoms with Crippen molar-refractivity contribution in [2.24, 2.45) is 5.92 Å². The second-order valence-corrected chi connectivity index (χ2v) is 9.39. The summed E-state index contributed by atoms with van der Waals surface area (Å²) in [4.78, 5) is 24.0. The lowest BCUT2D eigenvalue weighted by Crippen LogP contribution is -2.57. The Labute approximate surface area is 175 Å². The van der Waals surface area contributed by atoms with Crippen molar-refractivity contribution in [1.82, 2.24) is 15.1 Å². The molecule has 1 aromatic carbocycles. The fraction of sp³-hybridized carbons (Fsp3) is 0.400. The number of hydrogen-bond acceptors (Lipinski definition) is 6. The van der Waals surface area contributed by atoms with E-state index in [9.17, 15) is 23.1 Å². The van der Waals surface area contributed by atoms with Crippen molar-refractivity contribution in [1.29, 1.82) is 0 Å². The van der Waals surface area contributed by atoms with Crippen molar-refractivity contribution >= 4 is 21.8 Å². The molecule has 0 unspecified atom stereocenters. The van der Waals surface area contributed by atoms with Crippen LogP contribution in [0.15, 0.2) is 24.3 Å². The molecule has 2 rings (SSSR count). The zero-order valence-electron chi connectivity index (χ0n) is 16.8. The topological polar surface area (TPSA) is 136 Å². The molecule has 9 nitrogen and oxygen atoms in total. The van der Waals surface area contributed by atoms with Gasteiger partial charge < -0.3 is 10.4 Å². The van der Waals surface area contributed by atoms with E-state index in [1.165, 1.54) is 35.8 Å². The molecule has 0 aliphatic carbocycles. The average Bonchev–Trinajstić information content (AvgIpc) is 2.62. The molecule has 0 spiro atoms. The first-order chi connectivity index (χ1) is 13.9. The molecule has 0 radical (unpaired) electrons. The fourth-order valence-electron chi connectivity index (χ4n) is 2.59. The SMILES string of the molecule is CC(C)(O)[C@H](NC(=O)c1ccc(C#CC#CC2CN(S(C)(=O)=O)C2)cc1)C(=O)NO. The van der Waals surface area contributed by atoms with Gasteiger partial charge in [-0.2, -0.15) is 4.31 Å². The summed E-state index contributed by atoms with van der Waals surface area (Å²) in [6.45, 7) is 3.40. The van der Waals surface area contributed by atoms with Crippen LogP contribution < -0.4 is 10.8 Å². The van der Waals surface area contributed by atoms with E-state index < -0.39 is 33.5 Å². The first-order valence-corrected chi connectivity index (χ1v) is 10.8. The highest BCUT2D eigenvalue weighted by Crippen LogP contribution is 2.17. The molecule has 1 aliphatic rings. The van der Waals surface area contributed by atoms with Crippen molar-refractivity contribution in [2.45, 2.75) is 25.5 Å². The van der Waals surface area contributed by atoms with E-state index in [-0.39, 0.29) is 11.5 Å². The van der Waals surface area contributed by atoms with Gasteiger partial charge in [0.25, 0.3) is 11.8 Å². The third-order valence-corrected chi connectivity index (χ3v) is 5.60. The highest BCUT2D eigenvalue weighted by atomic mass is 32.2. The van der Waals surface area contributed by atoms with Gasteiger partial charge in [-0.05, 0) is 50.0 Å². The highest BCUT2D eigenvalue weighted by Gasteiger charge is 2.35. The van der Waals surface area contributed by atoms with Crippen LogP contribution in [-0.2, 0) is 14.8 Å². The van der Waals surface area contributed by atoms with Crippen molar-refractivity contribution in [3.63, 3.8) is 0 Å². The van der Waals surface area contributed by atoms with E-state index in [0.29, 0.717) is 18.7 Å². The number of aliphatic hydroxyl groups is 1. The Morgan fingerprint density at radius 2 is 1.80 bits per heavy atom. The maximum absolute atomic E-state index is 12.3. The van der Waals surface area contributed by atoms with Crippen LogP contribution >= 0.6 is 0 Å². The minimum Gasteiger partial charge on any atom is -0.388 e. The van der Waals surface area contributed by atoms with Gasteiger partial charge >= 0.3 is 0 Å². The molecule has 160 valence electrons. The van der Waals surface area contributed by atoms with E-state index in [1.807, 2.05) is 0 Å². The van der Waals surface area contributed by atoms with Crippen LogP contribution in [0.25, 0.3) is 0 Å². The largest absolute Gasteiger partial charge is 0.388 e. The first kappa shape index (κ1) is 23.4. The third kappa shape index (κ3) is 6.31. The second-order valence-electron chi connectivity index (χ2n) is 7.41. The summed E-state index contributed by atoms with van der Waals surface area (Å²) in [5.74, 6) is 9.53. The third-order valence-electron chi connectivity index (χ3n) is 4.36. The van der Waals surface area contributed by atoms with Crippen LogP contribution in [0, 0.1) is 29.6 Å². The van der Waals surface area contributed by atoms with Crippen LogP contribution in [0.4, 0.5) is 0 Å². The monoisotopic (exact) mass is 433 g/mol. The lowest BCUT2D eigenvalue weighted by molar-refractivity contribution is -0.136. The zero-order chi connectivity index (χ0) is 22.5. The summed E-state index contributed by atoms with van der Waals surface area (Å²) >= 11 is 0. The zero-order valence-corrected chi connectivity index (χ0v) is 17.6. The summed E-state index contributed by atoms with van der Waals surface area (Å²) in [6, 6.07) is 4.85. The van der Waals surface area contributed by atoms with Crippen molar-refractivity contribution < 1.29 is 28.3 Å². The van der Waals surface area contributed by atoms with Gasteiger partial charge in [0.2, 0.25) is 10.0 Å². The number of carbonyl (C=O) groups excluding carboxylic acids is 2. The number of nitrogens with zero attached hydrogens (tertiary/aromatic N) is 1. The normalized spacial score (nSPS) is 15.5. The minimum absolute atomic E-state index is 0.0278. The van der Waals surface area contributed by atoms with E-state index in [4.69, 9.17) is 5.21 Å². The molecule has 1 fully saturated rings. The number of carbonyl (C=O) groups is 2. The fourth-order valence-corrected chi connectivity index (χ4v) is 3.49. The van der Waals surface area contributed by atoms with Crippen molar-refractivity contribution in [2.75, 3.05) is 19.3 Å². The number of hydrogen-bond donors (Lipinski definition) is 4. The quantitative estimate of drug-likeness (QED) is 0.276. The van der Waals surface area contributed by atoms with Gasteiger partial charge in [-0.25, -0.2) is 13.9 Å². The van der Waals surface area contributed by atoms with E-state index in [1.54, 1.807) is 12.1 Å². The standard InChI is InChI=1S/C20H23N3O6S/c1-20(2,26)17(19(25)22-27)21-18(24)16-10-8-14(9-11-16)6-4-5-7-15-12-23(13-15)30(3,28)29/h8-11,15,17,26-27H,12-13H2,1-3H3,(H,21,24)(H,22,25)/t17-/m1/s1. The molecule has 1 aliphatic heterocycles. The number of nitrogens with one attached hydrogen (secondary N) is 2. The van der Waals surface area contributed by atoms with E-state index in [0.717, 1.165) is 6.26 Å². The summed E-state index contributed by atoms with van der Waals surface area (Å²) in [5, 5.41) is 21.1. The minimum atomic E-state index is -3.16. The molecule has 2 amide bonds. The summed E-state index contributed by atoms with van der Waals surface area (Å²) in [6.07, 6.45) is 1.16. The van der Waals surface area contributed by atoms with Crippen LogP contribution in [-0.4, -0.2) is 65.8 Å². The van der Waals surface area contributed by atoms with Gasteiger partial charge in [0.15, 0.2) is 0 Å². The Balaban J connectivity index is 1.96. The Morgan fingerprint density at radius 1 is 1.20 bits per heavy atom. The van der Waals surface area contributed by atoms with Crippen LogP contribution in [0.1, 0.15) is 29.8 Å². The molecule has 1 atom stereocenters. The number of rotatable bonds is 5. The van der Waals surface area contributed by atoms with Crippen LogP contribution in [0.3, 0.4) is 0 Å². The van der Waals surface area contributed by atoms with Gasteiger partial charge in [0, 0.05) is 30.1 Å².